The van der Waals surface area contributed by atoms with E-state index in [1.807, 2.05) is 6.20 Å². The fourth-order valence-electron chi connectivity index (χ4n) is 2.61. The Morgan fingerprint density at radius 2 is 2.21 bits per heavy atom. The molecule has 1 aromatic heterocycles. The number of unbranched alkanes of at least 4 members (excludes halogenated alkanes) is 1. The molecule has 0 unspecified atom stereocenters. The summed E-state index contributed by atoms with van der Waals surface area (Å²) in [4.78, 5) is 17.2. The fraction of sp³-hybridized carbons (Fsp3) is 0.667. The predicted octanol–water partition coefficient (Wildman–Crippen LogP) is 2.95. The third-order valence-electron chi connectivity index (χ3n) is 3.93. The van der Waals surface area contributed by atoms with Crippen LogP contribution in [-0.4, -0.2) is 35.9 Å². The molecule has 1 aromatic rings. The number of carbonyl (C=O) groups is 1. The topological polar surface area (TPSA) is 48.1 Å². The van der Waals surface area contributed by atoms with Gasteiger partial charge >= 0.3 is 0 Å². The minimum Gasteiger partial charge on any atom is -0.348 e. The molecule has 106 valence electrons. The van der Waals surface area contributed by atoms with Crippen LogP contribution in [-0.2, 0) is 4.79 Å². The Bertz CT molecular complexity index is 405. The number of hydrogen-bond donors (Lipinski definition) is 2. The molecule has 0 saturated carbocycles. The first-order valence-electron chi connectivity index (χ1n) is 7.35. The number of aromatic nitrogens is 1. The SMILES string of the molecule is CCCCC(=O)Nc1cc(C2CCN(C)CC2)c[nH]1. The summed E-state index contributed by atoms with van der Waals surface area (Å²) in [6, 6.07) is 2.10. The minimum atomic E-state index is 0.110. The molecule has 0 aromatic carbocycles. The van der Waals surface area contributed by atoms with Crippen molar-refractivity contribution in [2.75, 3.05) is 25.5 Å². The number of anilines is 1. The summed E-state index contributed by atoms with van der Waals surface area (Å²) in [6.07, 6.45) is 7.08. The van der Waals surface area contributed by atoms with Crippen molar-refractivity contribution in [1.29, 1.82) is 0 Å². The lowest BCUT2D eigenvalue weighted by molar-refractivity contribution is -0.116. The number of aromatic amines is 1. The van der Waals surface area contributed by atoms with Crippen molar-refractivity contribution in [1.82, 2.24) is 9.88 Å². The Kier molecular flexibility index (Phi) is 5.02. The molecule has 0 radical (unpaired) electrons. The summed E-state index contributed by atoms with van der Waals surface area (Å²) in [7, 11) is 2.17. The van der Waals surface area contributed by atoms with Gasteiger partial charge in [0, 0.05) is 12.6 Å². The molecule has 1 fully saturated rings. The summed E-state index contributed by atoms with van der Waals surface area (Å²) < 4.78 is 0. The van der Waals surface area contributed by atoms with Gasteiger partial charge in [-0.15, -0.1) is 0 Å². The number of amides is 1. The molecule has 0 atom stereocenters. The number of nitrogens with one attached hydrogen (secondary N) is 2. The van der Waals surface area contributed by atoms with E-state index in [1.54, 1.807) is 0 Å². The predicted molar refractivity (Wildman–Crippen MR) is 78.4 cm³/mol. The maximum atomic E-state index is 11.7. The normalized spacial score (nSPS) is 17.6. The van der Waals surface area contributed by atoms with Gasteiger partial charge in [-0.25, -0.2) is 0 Å². The van der Waals surface area contributed by atoms with Gasteiger partial charge in [0.25, 0.3) is 0 Å². The molecule has 0 aliphatic carbocycles. The number of nitrogens with zero attached hydrogens (tertiary/aromatic N) is 1. The quantitative estimate of drug-likeness (QED) is 0.858. The van der Waals surface area contributed by atoms with Gasteiger partial charge in [0.2, 0.25) is 5.91 Å². The Balaban J connectivity index is 1.86. The summed E-state index contributed by atoms with van der Waals surface area (Å²) in [5, 5.41) is 2.94. The molecular formula is C15H25N3O. The van der Waals surface area contributed by atoms with Gasteiger partial charge in [0.1, 0.15) is 5.82 Å². The van der Waals surface area contributed by atoms with Crippen LogP contribution in [0.5, 0.6) is 0 Å². The lowest BCUT2D eigenvalue weighted by Gasteiger charge is -2.28. The number of H-pyrrole nitrogens is 1. The Hall–Kier alpha value is -1.29. The summed E-state index contributed by atoms with van der Waals surface area (Å²) in [5.41, 5.74) is 1.33. The van der Waals surface area contributed by atoms with E-state index in [9.17, 15) is 4.79 Å². The number of hydrogen-bond acceptors (Lipinski definition) is 2. The molecule has 2 N–H and O–H groups in total. The number of rotatable bonds is 5. The van der Waals surface area contributed by atoms with Crippen molar-refractivity contribution in [3.05, 3.63) is 17.8 Å². The average Bonchev–Trinajstić information content (AvgIpc) is 2.85. The van der Waals surface area contributed by atoms with Crippen molar-refractivity contribution < 1.29 is 4.79 Å². The van der Waals surface area contributed by atoms with Crippen LogP contribution in [0.3, 0.4) is 0 Å². The molecule has 0 spiro atoms. The molecule has 0 bridgehead atoms. The summed E-state index contributed by atoms with van der Waals surface area (Å²) in [6.45, 7) is 4.42. The highest BCUT2D eigenvalue weighted by Gasteiger charge is 2.19. The number of carbonyl (C=O) groups excluding carboxylic acids is 1. The second-order valence-corrected chi connectivity index (χ2v) is 5.58. The minimum absolute atomic E-state index is 0.110. The zero-order valence-electron chi connectivity index (χ0n) is 12.0. The second kappa shape index (κ2) is 6.75. The maximum absolute atomic E-state index is 11.7. The standard InChI is InChI=1S/C15H25N3O/c1-3-4-5-15(19)17-14-10-13(11-16-14)12-6-8-18(2)9-7-12/h10-12,16H,3-9H2,1-2H3,(H,17,19). The van der Waals surface area contributed by atoms with Crippen molar-refractivity contribution in [2.45, 2.75) is 44.9 Å². The third kappa shape index (κ3) is 4.10. The highest BCUT2D eigenvalue weighted by Crippen LogP contribution is 2.28. The fourth-order valence-corrected chi connectivity index (χ4v) is 2.61. The molecule has 1 amide bonds. The van der Waals surface area contributed by atoms with Crippen LogP contribution < -0.4 is 5.32 Å². The largest absolute Gasteiger partial charge is 0.348 e. The molecule has 19 heavy (non-hydrogen) atoms. The number of likely N-dealkylation sites (tertiary alicyclic amines) is 1. The molecule has 2 heterocycles. The van der Waals surface area contributed by atoms with E-state index in [2.05, 4.69) is 35.2 Å². The summed E-state index contributed by atoms with van der Waals surface area (Å²) in [5.74, 6) is 1.59. The molecule has 1 aliphatic rings. The molecule has 1 saturated heterocycles. The number of piperidine rings is 1. The van der Waals surface area contributed by atoms with Gasteiger partial charge in [0.15, 0.2) is 0 Å². The smallest absolute Gasteiger partial charge is 0.225 e. The molecule has 4 nitrogen and oxygen atoms in total. The second-order valence-electron chi connectivity index (χ2n) is 5.58. The highest BCUT2D eigenvalue weighted by atomic mass is 16.1. The van der Waals surface area contributed by atoms with Gasteiger partial charge in [0.05, 0.1) is 0 Å². The lowest BCUT2D eigenvalue weighted by atomic mass is 9.91. The molecule has 4 heteroatoms. The van der Waals surface area contributed by atoms with Crippen LogP contribution in [0.25, 0.3) is 0 Å². The van der Waals surface area contributed by atoms with E-state index in [4.69, 9.17) is 0 Å². The van der Waals surface area contributed by atoms with Crippen LogP contribution >= 0.6 is 0 Å². The van der Waals surface area contributed by atoms with Crippen LogP contribution in [0, 0.1) is 0 Å². The van der Waals surface area contributed by atoms with Gasteiger partial charge in [-0.05, 0) is 56.9 Å². The van der Waals surface area contributed by atoms with Gasteiger partial charge < -0.3 is 15.2 Å². The first-order valence-corrected chi connectivity index (χ1v) is 7.35. The molecular weight excluding hydrogens is 238 g/mol. The molecule has 2 rings (SSSR count). The van der Waals surface area contributed by atoms with Gasteiger partial charge in [-0.1, -0.05) is 13.3 Å². The summed E-state index contributed by atoms with van der Waals surface area (Å²) >= 11 is 0. The first kappa shape index (κ1) is 14.1. The van der Waals surface area contributed by atoms with Gasteiger partial charge in [-0.3, -0.25) is 4.79 Å². The van der Waals surface area contributed by atoms with Crippen molar-refractivity contribution >= 4 is 11.7 Å². The highest BCUT2D eigenvalue weighted by molar-refractivity contribution is 5.89. The van der Waals surface area contributed by atoms with Crippen LogP contribution in [0.15, 0.2) is 12.3 Å². The van der Waals surface area contributed by atoms with E-state index >= 15 is 0 Å². The van der Waals surface area contributed by atoms with E-state index in [-0.39, 0.29) is 5.91 Å². The average molecular weight is 263 g/mol. The van der Waals surface area contributed by atoms with Crippen LogP contribution in [0.4, 0.5) is 5.82 Å². The van der Waals surface area contributed by atoms with Crippen molar-refractivity contribution in [2.24, 2.45) is 0 Å². The van der Waals surface area contributed by atoms with Crippen molar-refractivity contribution in [3.8, 4) is 0 Å². The lowest BCUT2D eigenvalue weighted by Crippen LogP contribution is -2.29. The van der Waals surface area contributed by atoms with Gasteiger partial charge in [-0.2, -0.15) is 0 Å². The van der Waals surface area contributed by atoms with E-state index in [0.29, 0.717) is 12.3 Å². The van der Waals surface area contributed by atoms with Crippen LogP contribution in [0.1, 0.15) is 50.5 Å². The Morgan fingerprint density at radius 1 is 1.47 bits per heavy atom. The van der Waals surface area contributed by atoms with E-state index in [1.165, 1.54) is 18.4 Å². The van der Waals surface area contributed by atoms with E-state index in [0.717, 1.165) is 31.7 Å². The zero-order chi connectivity index (χ0) is 13.7. The molecule has 1 aliphatic heterocycles. The Labute approximate surface area is 115 Å². The zero-order valence-corrected chi connectivity index (χ0v) is 12.0. The first-order chi connectivity index (χ1) is 9.19. The van der Waals surface area contributed by atoms with E-state index < -0.39 is 0 Å². The van der Waals surface area contributed by atoms with Crippen molar-refractivity contribution in [3.63, 3.8) is 0 Å². The monoisotopic (exact) mass is 263 g/mol. The Morgan fingerprint density at radius 3 is 2.89 bits per heavy atom. The van der Waals surface area contributed by atoms with Crippen LogP contribution in [0.2, 0.25) is 0 Å². The maximum Gasteiger partial charge on any atom is 0.225 e. The third-order valence-corrected chi connectivity index (χ3v) is 3.93.